The molecule has 0 saturated heterocycles. The monoisotopic (exact) mass is 538 g/mol. The van der Waals surface area contributed by atoms with Crippen LogP contribution in [0.4, 0.5) is 5.69 Å². The van der Waals surface area contributed by atoms with E-state index in [1.54, 1.807) is 0 Å². The fourth-order valence-electron chi connectivity index (χ4n) is 2.66. The van der Waals surface area contributed by atoms with E-state index in [0.717, 1.165) is 27.3 Å². The van der Waals surface area contributed by atoms with Gasteiger partial charge in [0.1, 0.15) is 0 Å². The van der Waals surface area contributed by atoms with Crippen LogP contribution in [-0.2, 0) is 18.3 Å². The van der Waals surface area contributed by atoms with Gasteiger partial charge < -0.3 is 26.2 Å². The molecule has 0 aliphatic heterocycles. The van der Waals surface area contributed by atoms with E-state index < -0.39 is 0 Å². The van der Waals surface area contributed by atoms with E-state index >= 15 is 0 Å². The maximum Gasteiger partial charge on any atom is 0.224 e. The molecule has 1 heterocycles. The van der Waals surface area contributed by atoms with Gasteiger partial charge in [0.25, 0.3) is 0 Å². The van der Waals surface area contributed by atoms with Gasteiger partial charge in [-0.25, -0.2) is 0 Å². The molecule has 4 nitrogen and oxygen atoms in total. The van der Waals surface area contributed by atoms with E-state index in [4.69, 9.17) is 4.99 Å². The molecule has 0 aliphatic rings. The van der Waals surface area contributed by atoms with Gasteiger partial charge in [0, 0.05) is 57.4 Å². The molecule has 0 spiro atoms. The van der Waals surface area contributed by atoms with Crippen LogP contribution in [0.5, 0.6) is 0 Å². The number of hydrogen-bond donors (Lipinski definition) is 1. The van der Waals surface area contributed by atoms with E-state index in [9.17, 15) is 4.79 Å². The van der Waals surface area contributed by atoms with Crippen LogP contribution in [0.1, 0.15) is 29.8 Å². The minimum Gasteiger partial charge on any atom is -0.418 e. The van der Waals surface area contributed by atoms with Crippen LogP contribution in [0.25, 0.3) is 0 Å². The maximum atomic E-state index is 12.5. The van der Waals surface area contributed by atoms with Crippen molar-refractivity contribution in [1.29, 1.82) is 0 Å². The Morgan fingerprint density at radius 3 is 2.52 bits per heavy atom. The van der Waals surface area contributed by atoms with Gasteiger partial charge in [-0.2, -0.15) is 5.38 Å². The molecule has 1 N–H and O–H groups in total. The summed E-state index contributed by atoms with van der Waals surface area (Å²) in [5.74, 6) is -0.0118. The van der Waals surface area contributed by atoms with E-state index in [2.05, 4.69) is 10.7 Å². The standard InChI is InChI=1S/C21H22N3OS.Yb/c1-15-14-26-21(24(15)3)23-19-12-8-7-11-18(19)13-20(25)22-16(2)17-9-5-4-6-10-17;/h4-12,16H,13H2,1-3H3,(H,22,25);/q-1;. The van der Waals surface area contributed by atoms with Crippen molar-refractivity contribution >= 4 is 22.9 Å². The Hall–Kier alpha value is -1.14. The Bertz CT molecular complexity index is 963. The number of amides is 1. The first kappa shape index (κ1) is 22.2. The van der Waals surface area contributed by atoms with Gasteiger partial charge in [-0.1, -0.05) is 54.2 Å². The van der Waals surface area contributed by atoms with Gasteiger partial charge in [0.05, 0.1) is 12.5 Å². The number of aromatic nitrogens is 1. The van der Waals surface area contributed by atoms with E-state index in [1.165, 1.54) is 11.3 Å². The third-order valence-electron chi connectivity index (χ3n) is 4.32. The maximum absolute atomic E-state index is 12.5. The third kappa shape index (κ3) is 5.92. The second-order valence-corrected chi connectivity index (χ2v) is 7.02. The Kier molecular flexibility index (Phi) is 8.55. The first-order chi connectivity index (χ1) is 12.5. The van der Waals surface area contributed by atoms with Crippen molar-refractivity contribution in [2.75, 3.05) is 0 Å². The second-order valence-electron chi connectivity index (χ2n) is 6.25. The Labute approximate surface area is 202 Å². The Morgan fingerprint density at radius 2 is 1.85 bits per heavy atom. The number of para-hydroxylation sites is 1. The van der Waals surface area contributed by atoms with Crippen molar-refractivity contribution in [1.82, 2.24) is 9.88 Å². The fraction of sp³-hybridized carbons (Fsp3) is 0.238. The molecule has 1 amide bonds. The molecule has 2 aromatic carbocycles. The van der Waals surface area contributed by atoms with Crippen LogP contribution in [0.2, 0.25) is 0 Å². The summed E-state index contributed by atoms with van der Waals surface area (Å²) in [6, 6.07) is 17.7. The van der Waals surface area contributed by atoms with E-state index in [1.807, 2.05) is 80.1 Å². The van der Waals surface area contributed by atoms with E-state index in [-0.39, 0.29) is 58.9 Å². The predicted molar refractivity (Wildman–Crippen MR) is 105 cm³/mol. The first-order valence-electron chi connectivity index (χ1n) is 8.55. The summed E-state index contributed by atoms with van der Waals surface area (Å²) in [6.45, 7) is 3.99. The molecule has 1 unspecified atom stereocenters. The molecular formula is C21H22N3OSYb-. The number of carbonyl (C=O) groups excluding carboxylic acids is 1. The summed E-state index contributed by atoms with van der Waals surface area (Å²) in [5.41, 5.74) is 3.87. The van der Waals surface area contributed by atoms with Crippen LogP contribution < -0.4 is 10.1 Å². The summed E-state index contributed by atoms with van der Waals surface area (Å²) in [6.07, 6.45) is 0.300. The molecule has 148 valence electrons. The SMILES string of the molecule is Cc1[c-]sc(=Nc2ccccc2CC(=O)NC(C)c2ccccc2)n1C.[Yb]. The van der Waals surface area contributed by atoms with Crippen molar-refractivity contribution < 1.29 is 51.7 Å². The number of rotatable bonds is 5. The van der Waals surface area contributed by atoms with Crippen LogP contribution in [0.15, 0.2) is 59.6 Å². The Balaban J connectivity index is 0.00000261. The largest absolute Gasteiger partial charge is 0.418 e. The molecular weight excluding hydrogens is 515 g/mol. The molecule has 0 fully saturated rings. The Morgan fingerprint density at radius 1 is 1.19 bits per heavy atom. The van der Waals surface area contributed by atoms with Crippen LogP contribution in [0.3, 0.4) is 0 Å². The molecule has 3 rings (SSSR count). The molecule has 1 aromatic heterocycles. The molecule has 1 atom stereocenters. The van der Waals surface area contributed by atoms with Gasteiger partial charge in [-0.3, -0.25) is 4.79 Å². The van der Waals surface area contributed by atoms with Crippen LogP contribution >= 0.6 is 11.3 Å². The smallest absolute Gasteiger partial charge is 0.224 e. The van der Waals surface area contributed by atoms with Gasteiger partial charge in [0.15, 0.2) is 0 Å². The number of hydrogen-bond acceptors (Lipinski definition) is 3. The molecule has 0 aliphatic carbocycles. The first-order valence-corrected chi connectivity index (χ1v) is 9.37. The summed E-state index contributed by atoms with van der Waals surface area (Å²) in [4.78, 5) is 18.1. The number of benzene rings is 2. The van der Waals surface area contributed by atoms with Gasteiger partial charge in [-0.05, 0) is 38.1 Å². The van der Waals surface area contributed by atoms with Crippen molar-refractivity contribution in [3.05, 3.63) is 81.6 Å². The number of carbonyl (C=O) groups is 1. The van der Waals surface area contributed by atoms with Crippen molar-refractivity contribution in [2.24, 2.45) is 12.0 Å². The quantitative estimate of drug-likeness (QED) is 0.494. The molecule has 0 saturated carbocycles. The summed E-state index contributed by atoms with van der Waals surface area (Å²) in [7, 11) is 1.97. The zero-order valence-electron chi connectivity index (χ0n) is 15.5. The van der Waals surface area contributed by atoms with Crippen molar-refractivity contribution in [2.45, 2.75) is 26.3 Å². The molecule has 27 heavy (non-hydrogen) atoms. The van der Waals surface area contributed by atoms with Crippen LogP contribution in [-0.4, -0.2) is 10.5 Å². The molecule has 6 heteroatoms. The second kappa shape index (κ2) is 10.4. The number of nitrogens with one attached hydrogen (secondary N) is 1. The summed E-state index contributed by atoms with van der Waals surface area (Å²) >= 11 is 1.48. The zero-order valence-corrected chi connectivity index (χ0v) is 18.0. The zero-order chi connectivity index (χ0) is 18.5. The molecule has 3 aromatic rings. The van der Waals surface area contributed by atoms with E-state index in [0.29, 0.717) is 6.42 Å². The summed E-state index contributed by atoms with van der Waals surface area (Å²) < 4.78 is 2.00. The van der Waals surface area contributed by atoms with Crippen LogP contribution in [0, 0.1) is 59.2 Å². The van der Waals surface area contributed by atoms with Gasteiger partial charge in [0.2, 0.25) is 5.91 Å². The average Bonchev–Trinajstić information content (AvgIpc) is 2.96. The number of nitrogens with zero attached hydrogens (tertiary/aromatic N) is 2. The number of thiazole rings is 1. The van der Waals surface area contributed by atoms with Crippen molar-refractivity contribution in [3.63, 3.8) is 0 Å². The topological polar surface area (TPSA) is 46.4 Å². The molecule has 0 radical (unpaired) electrons. The van der Waals surface area contributed by atoms with Gasteiger partial charge in [-0.15, -0.1) is 0 Å². The summed E-state index contributed by atoms with van der Waals surface area (Å²) in [5, 5.41) is 6.26. The fourth-order valence-corrected chi connectivity index (χ4v) is 3.45. The normalized spacial score (nSPS) is 12.3. The molecule has 0 bridgehead atoms. The van der Waals surface area contributed by atoms with Crippen molar-refractivity contribution in [3.8, 4) is 0 Å². The third-order valence-corrected chi connectivity index (χ3v) is 5.26. The van der Waals surface area contributed by atoms with Gasteiger partial charge >= 0.3 is 0 Å². The predicted octanol–water partition coefficient (Wildman–Crippen LogP) is 3.85. The minimum absolute atomic E-state index is 0. The number of aryl methyl sites for hydroxylation is 1. The minimum atomic E-state index is -0.0276. The average molecular weight is 538 g/mol.